The smallest absolute Gasteiger partial charge is 0.235 e. The van der Waals surface area contributed by atoms with Crippen molar-refractivity contribution in [2.45, 2.75) is 32.9 Å². The summed E-state index contributed by atoms with van der Waals surface area (Å²) >= 11 is 0. The molecule has 1 amide bonds. The van der Waals surface area contributed by atoms with Gasteiger partial charge in [-0.15, -0.1) is 0 Å². The van der Waals surface area contributed by atoms with Gasteiger partial charge in [0.25, 0.3) is 0 Å². The lowest BCUT2D eigenvalue weighted by Crippen LogP contribution is -2.47. The molecule has 0 spiro atoms. The zero-order valence-corrected chi connectivity index (χ0v) is 13.5. The maximum absolute atomic E-state index is 13.6. The third kappa shape index (κ3) is 6.22. The first-order chi connectivity index (χ1) is 9.49. The summed E-state index contributed by atoms with van der Waals surface area (Å²) in [6, 6.07) is 5.89. The second-order valence-corrected chi connectivity index (χ2v) is 7.90. The van der Waals surface area contributed by atoms with E-state index < -0.39 is 27.3 Å². The van der Waals surface area contributed by atoms with Crippen LogP contribution in [0.1, 0.15) is 26.3 Å². The fraction of sp³-hybridized carbons (Fsp3) is 0.500. The van der Waals surface area contributed by atoms with Gasteiger partial charge >= 0.3 is 0 Å². The highest BCUT2D eigenvalue weighted by atomic mass is 32.2. The van der Waals surface area contributed by atoms with Crippen LogP contribution in [0.25, 0.3) is 0 Å². The molecule has 7 heteroatoms. The van der Waals surface area contributed by atoms with Gasteiger partial charge < -0.3 is 5.32 Å². The molecule has 0 radical (unpaired) electrons. The Hall–Kier alpha value is -1.47. The molecular weight excluding hydrogens is 295 g/mol. The second-order valence-electron chi connectivity index (χ2n) is 5.92. The van der Waals surface area contributed by atoms with E-state index in [0.29, 0.717) is 0 Å². The van der Waals surface area contributed by atoms with Crippen LogP contribution in [0, 0.1) is 5.82 Å². The van der Waals surface area contributed by atoms with Crippen LogP contribution in [-0.2, 0) is 21.4 Å². The molecule has 0 aliphatic rings. The van der Waals surface area contributed by atoms with E-state index in [0.717, 1.165) is 10.6 Å². The SMILES string of the molecule is CC(C)(C)NC(=O)CN(Cc1ccccc1F)S(C)(=O)=O. The third-order valence-electron chi connectivity index (χ3n) is 2.61. The molecule has 0 fully saturated rings. The zero-order valence-electron chi connectivity index (χ0n) is 12.7. The van der Waals surface area contributed by atoms with Crippen molar-refractivity contribution in [2.24, 2.45) is 0 Å². The summed E-state index contributed by atoms with van der Waals surface area (Å²) in [6.07, 6.45) is 0.998. The van der Waals surface area contributed by atoms with Gasteiger partial charge in [-0.05, 0) is 26.8 Å². The largest absolute Gasteiger partial charge is 0.350 e. The molecule has 0 aliphatic carbocycles. The minimum atomic E-state index is -3.62. The summed E-state index contributed by atoms with van der Waals surface area (Å²) in [5.74, 6) is -0.924. The Morgan fingerprint density at radius 2 is 1.86 bits per heavy atom. The van der Waals surface area contributed by atoms with Gasteiger partial charge in [0.15, 0.2) is 0 Å². The van der Waals surface area contributed by atoms with Crippen LogP contribution in [-0.4, -0.2) is 37.0 Å². The van der Waals surface area contributed by atoms with Gasteiger partial charge in [-0.25, -0.2) is 12.8 Å². The van der Waals surface area contributed by atoms with Gasteiger partial charge in [0.05, 0.1) is 12.8 Å². The highest BCUT2D eigenvalue weighted by molar-refractivity contribution is 7.88. The standard InChI is InChI=1S/C14H21FN2O3S/c1-14(2,3)16-13(18)10-17(21(4,19)20)9-11-7-5-6-8-12(11)15/h5-8H,9-10H2,1-4H3,(H,16,18). The normalized spacial score (nSPS) is 12.5. The van der Waals surface area contributed by atoms with Gasteiger partial charge in [-0.1, -0.05) is 18.2 Å². The highest BCUT2D eigenvalue weighted by Gasteiger charge is 2.23. The van der Waals surface area contributed by atoms with E-state index in [1.807, 2.05) is 0 Å². The van der Waals surface area contributed by atoms with E-state index in [9.17, 15) is 17.6 Å². The predicted octanol–water partition coefficient (Wildman–Crippen LogP) is 1.50. The van der Waals surface area contributed by atoms with Crippen LogP contribution in [0.15, 0.2) is 24.3 Å². The Bertz CT molecular complexity index is 609. The molecule has 0 unspecified atom stereocenters. The van der Waals surface area contributed by atoms with Crippen LogP contribution >= 0.6 is 0 Å². The monoisotopic (exact) mass is 316 g/mol. The lowest BCUT2D eigenvalue weighted by atomic mass is 10.1. The van der Waals surface area contributed by atoms with Gasteiger partial charge in [0.1, 0.15) is 5.82 Å². The highest BCUT2D eigenvalue weighted by Crippen LogP contribution is 2.12. The van der Waals surface area contributed by atoms with Crippen molar-refractivity contribution in [1.82, 2.24) is 9.62 Å². The average Bonchev–Trinajstić information content (AvgIpc) is 2.27. The first-order valence-corrected chi connectivity index (χ1v) is 8.33. The minimum Gasteiger partial charge on any atom is -0.350 e. The van der Waals surface area contributed by atoms with Crippen molar-refractivity contribution in [3.63, 3.8) is 0 Å². The van der Waals surface area contributed by atoms with E-state index in [4.69, 9.17) is 0 Å². The first-order valence-electron chi connectivity index (χ1n) is 6.48. The average molecular weight is 316 g/mol. The third-order valence-corrected chi connectivity index (χ3v) is 3.80. The lowest BCUT2D eigenvalue weighted by molar-refractivity contribution is -0.122. The molecule has 1 rings (SSSR count). The Balaban J connectivity index is 2.89. The summed E-state index contributed by atoms with van der Waals surface area (Å²) in [5.41, 5.74) is -0.232. The fourth-order valence-electron chi connectivity index (χ4n) is 1.72. The summed E-state index contributed by atoms with van der Waals surface area (Å²) < 4.78 is 38.1. The van der Waals surface area contributed by atoms with Crippen molar-refractivity contribution in [1.29, 1.82) is 0 Å². The molecule has 0 atom stereocenters. The zero-order chi connectivity index (χ0) is 16.3. The van der Waals surface area contributed by atoms with E-state index >= 15 is 0 Å². The van der Waals surface area contributed by atoms with Crippen molar-refractivity contribution in [3.05, 3.63) is 35.6 Å². The van der Waals surface area contributed by atoms with E-state index in [1.54, 1.807) is 26.8 Å². The van der Waals surface area contributed by atoms with Crippen LogP contribution < -0.4 is 5.32 Å². The lowest BCUT2D eigenvalue weighted by Gasteiger charge is -2.24. The number of hydrogen-bond donors (Lipinski definition) is 1. The number of carbonyl (C=O) groups is 1. The molecule has 118 valence electrons. The van der Waals surface area contributed by atoms with E-state index in [1.165, 1.54) is 18.2 Å². The molecule has 0 bridgehead atoms. The van der Waals surface area contributed by atoms with Crippen molar-refractivity contribution in [3.8, 4) is 0 Å². The van der Waals surface area contributed by atoms with Crippen LogP contribution in [0.4, 0.5) is 4.39 Å². The predicted molar refractivity (Wildman–Crippen MR) is 79.5 cm³/mol. The van der Waals surface area contributed by atoms with Crippen LogP contribution in [0.5, 0.6) is 0 Å². The quantitative estimate of drug-likeness (QED) is 0.895. The van der Waals surface area contributed by atoms with Gasteiger partial charge in [0.2, 0.25) is 15.9 Å². The first kappa shape index (κ1) is 17.6. The second kappa shape index (κ2) is 6.53. The molecule has 0 aromatic heterocycles. The Morgan fingerprint density at radius 3 is 2.33 bits per heavy atom. The fourth-order valence-corrected chi connectivity index (χ4v) is 2.45. The number of sulfonamides is 1. The number of halogens is 1. The van der Waals surface area contributed by atoms with Gasteiger partial charge in [0, 0.05) is 17.6 Å². The molecule has 0 aliphatic heterocycles. The molecule has 0 saturated heterocycles. The molecule has 0 saturated carbocycles. The summed E-state index contributed by atoms with van der Waals surface area (Å²) in [5, 5.41) is 2.68. The van der Waals surface area contributed by atoms with Gasteiger partial charge in [-0.3, -0.25) is 4.79 Å². The maximum atomic E-state index is 13.6. The van der Waals surface area contributed by atoms with Crippen molar-refractivity contribution in [2.75, 3.05) is 12.8 Å². The number of benzene rings is 1. The summed E-state index contributed by atoms with van der Waals surface area (Å²) in [7, 11) is -3.62. The minimum absolute atomic E-state index is 0.178. The Morgan fingerprint density at radius 1 is 1.29 bits per heavy atom. The molecular formula is C14H21FN2O3S. The van der Waals surface area contributed by atoms with Crippen molar-refractivity contribution < 1.29 is 17.6 Å². The number of rotatable bonds is 5. The number of hydrogen-bond acceptors (Lipinski definition) is 3. The summed E-state index contributed by atoms with van der Waals surface area (Å²) in [4.78, 5) is 11.9. The number of nitrogens with zero attached hydrogens (tertiary/aromatic N) is 1. The molecule has 1 aromatic carbocycles. The van der Waals surface area contributed by atoms with Crippen LogP contribution in [0.2, 0.25) is 0 Å². The van der Waals surface area contributed by atoms with Gasteiger partial charge in [-0.2, -0.15) is 4.31 Å². The molecule has 0 heterocycles. The molecule has 1 aromatic rings. The molecule has 21 heavy (non-hydrogen) atoms. The molecule has 1 N–H and O–H groups in total. The number of amides is 1. The Kier molecular flexibility index (Phi) is 5.47. The van der Waals surface area contributed by atoms with E-state index in [-0.39, 0.29) is 18.7 Å². The number of nitrogens with one attached hydrogen (secondary N) is 1. The van der Waals surface area contributed by atoms with Crippen molar-refractivity contribution >= 4 is 15.9 Å². The topological polar surface area (TPSA) is 66.5 Å². The number of carbonyl (C=O) groups excluding carboxylic acids is 1. The van der Waals surface area contributed by atoms with E-state index in [2.05, 4.69) is 5.32 Å². The summed E-state index contributed by atoms with van der Waals surface area (Å²) in [6.45, 7) is 4.87. The molecule has 5 nitrogen and oxygen atoms in total. The maximum Gasteiger partial charge on any atom is 0.235 e. The Labute approximate surface area is 125 Å². The van der Waals surface area contributed by atoms with Crippen LogP contribution in [0.3, 0.4) is 0 Å².